The normalized spacial score (nSPS) is 24.4. The molecule has 25 heavy (non-hydrogen) atoms. The average molecular weight is 391 g/mol. The monoisotopic (exact) mass is 390 g/mol. The quantitative estimate of drug-likeness (QED) is 0.753. The molecule has 1 aliphatic heterocycles. The van der Waals surface area contributed by atoms with Gasteiger partial charge in [0.05, 0.1) is 16.1 Å². The first kappa shape index (κ1) is 20.1. The van der Waals surface area contributed by atoms with Gasteiger partial charge in [0.1, 0.15) is 5.82 Å². The number of hydrogen-bond donors (Lipinski definition) is 2. The number of nitrogens with one attached hydrogen (secondary N) is 2. The van der Waals surface area contributed by atoms with E-state index in [0.717, 1.165) is 44.5 Å². The Labute approximate surface area is 154 Å². The van der Waals surface area contributed by atoms with E-state index in [1.165, 1.54) is 12.1 Å². The predicted molar refractivity (Wildman–Crippen MR) is 96.0 cm³/mol. The molecular weight excluding hydrogens is 367 g/mol. The van der Waals surface area contributed by atoms with Crippen LogP contribution in [0.3, 0.4) is 0 Å². The van der Waals surface area contributed by atoms with Crippen LogP contribution in [0.15, 0.2) is 29.2 Å². The summed E-state index contributed by atoms with van der Waals surface area (Å²) < 4.78 is 37.3. The predicted octanol–water partition coefficient (Wildman–Crippen LogP) is 1.92. The molecule has 2 aliphatic rings. The van der Waals surface area contributed by atoms with E-state index in [0.29, 0.717) is 0 Å². The summed E-state index contributed by atoms with van der Waals surface area (Å²) in [4.78, 5) is 12.6. The van der Waals surface area contributed by atoms with E-state index < -0.39 is 15.7 Å². The summed E-state index contributed by atoms with van der Waals surface area (Å²) >= 11 is 0. The highest BCUT2D eigenvalue weighted by Crippen LogP contribution is 2.68. The summed E-state index contributed by atoms with van der Waals surface area (Å²) in [6.45, 7) is 3.91. The van der Waals surface area contributed by atoms with Crippen LogP contribution in [0.1, 0.15) is 26.2 Å². The zero-order valence-corrected chi connectivity index (χ0v) is 15.8. The molecule has 0 radical (unpaired) electrons. The fraction of sp³-hybridized carbons (Fsp3) is 0.588. The third-order valence-corrected chi connectivity index (χ3v) is 7.36. The molecule has 1 aromatic rings. The van der Waals surface area contributed by atoms with Gasteiger partial charge in [0.15, 0.2) is 9.84 Å². The van der Waals surface area contributed by atoms with E-state index in [-0.39, 0.29) is 46.3 Å². The minimum atomic E-state index is -3.52. The molecule has 1 saturated carbocycles. The molecule has 5 nitrogen and oxygen atoms in total. The lowest BCUT2D eigenvalue weighted by molar-refractivity contribution is -0.127. The molecule has 3 rings (SSSR count). The lowest BCUT2D eigenvalue weighted by atomic mass is 9.85. The fourth-order valence-corrected chi connectivity index (χ4v) is 5.00. The number of halogens is 2. The van der Waals surface area contributed by atoms with Gasteiger partial charge >= 0.3 is 0 Å². The van der Waals surface area contributed by atoms with Crippen molar-refractivity contribution in [3.63, 3.8) is 0 Å². The second kappa shape index (κ2) is 7.21. The van der Waals surface area contributed by atoms with Gasteiger partial charge in [-0.3, -0.25) is 4.79 Å². The summed E-state index contributed by atoms with van der Waals surface area (Å²) in [5.74, 6) is -0.718. The van der Waals surface area contributed by atoms with Crippen molar-refractivity contribution < 1.29 is 17.6 Å². The van der Waals surface area contributed by atoms with Crippen LogP contribution in [0.25, 0.3) is 0 Å². The molecule has 1 aliphatic carbocycles. The largest absolute Gasteiger partial charge is 0.355 e. The van der Waals surface area contributed by atoms with Crippen molar-refractivity contribution in [2.45, 2.75) is 31.1 Å². The maximum Gasteiger partial charge on any atom is 0.226 e. The summed E-state index contributed by atoms with van der Waals surface area (Å²) in [5, 5.41) is 6.09. The summed E-state index contributed by atoms with van der Waals surface area (Å²) in [6.07, 6.45) is 2.85. The van der Waals surface area contributed by atoms with Gasteiger partial charge in [0, 0.05) is 6.54 Å². The molecule has 0 bridgehead atoms. The highest BCUT2D eigenvalue weighted by molar-refractivity contribution is 7.91. The van der Waals surface area contributed by atoms with Crippen LogP contribution in [0.4, 0.5) is 4.39 Å². The van der Waals surface area contributed by atoms with Crippen molar-refractivity contribution in [3.8, 4) is 0 Å². The number of carbonyl (C=O) groups excluding carboxylic acids is 1. The molecule has 140 valence electrons. The average Bonchev–Trinajstić information content (AvgIpc) is 3.12. The molecule has 0 aromatic heterocycles. The first-order valence-corrected chi connectivity index (χ1v) is 9.92. The van der Waals surface area contributed by atoms with Crippen molar-refractivity contribution in [2.75, 3.05) is 25.4 Å². The Kier molecular flexibility index (Phi) is 5.81. The SMILES string of the molecule is CC1(C(=O)NCCS(=O)(=O)c2ccc(F)cc2)CC12CCNCC2.Cl. The Balaban J connectivity index is 0.00000225. The molecule has 1 saturated heterocycles. The van der Waals surface area contributed by atoms with E-state index in [9.17, 15) is 17.6 Å². The molecule has 8 heteroatoms. The molecule has 1 amide bonds. The summed E-state index contributed by atoms with van der Waals surface area (Å²) in [5.41, 5.74) is -0.299. The van der Waals surface area contributed by atoms with Crippen LogP contribution in [0, 0.1) is 16.6 Å². The maximum atomic E-state index is 12.9. The first-order valence-electron chi connectivity index (χ1n) is 8.27. The van der Waals surface area contributed by atoms with Gasteiger partial charge in [0.25, 0.3) is 0 Å². The van der Waals surface area contributed by atoms with E-state index in [1.807, 2.05) is 6.92 Å². The standard InChI is InChI=1S/C17H23FN2O3S.ClH/c1-16(12-17(16)6-8-19-9-7-17)15(21)20-10-11-24(22,23)14-4-2-13(18)3-5-14;/h2-5,19H,6-12H2,1H3,(H,20,21);1H. The van der Waals surface area contributed by atoms with Gasteiger partial charge in [-0.2, -0.15) is 0 Å². The Bertz CT molecular complexity index is 733. The van der Waals surface area contributed by atoms with Crippen LogP contribution in [-0.4, -0.2) is 39.7 Å². The molecule has 2 N–H and O–H groups in total. The van der Waals surface area contributed by atoms with E-state index >= 15 is 0 Å². The second-order valence-corrected chi connectivity index (χ2v) is 9.18. The van der Waals surface area contributed by atoms with E-state index in [2.05, 4.69) is 10.6 Å². The van der Waals surface area contributed by atoms with Crippen LogP contribution in [0.5, 0.6) is 0 Å². The van der Waals surface area contributed by atoms with Gasteiger partial charge in [-0.15, -0.1) is 12.4 Å². The Morgan fingerprint density at radius 3 is 2.44 bits per heavy atom. The molecule has 1 heterocycles. The lowest BCUT2D eigenvalue weighted by Crippen LogP contribution is -2.39. The van der Waals surface area contributed by atoms with E-state index in [1.54, 1.807) is 0 Å². The van der Waals surface area contributed by atoms with Crippen molar-refractivity contribution in [1.82, 2.24) is 10.6 Å². The third kappa shape index (κ3) is 3.83. The van der Waals surface area contributed by atoms with Gasteiger partial charge in [0.2, 0.25) is 5.91 Å². The summed E-state index contributed by atoms with van der Waals surface area (Å²) in [6, 6.07) is 4.74. The first-order chi connectivity index (χ1) is 11.3. The van der Waals surface area contributed by atoms with Crippen molar-refractivity contribution in [3.05, 3.63) is 30.1 Å². The number of sulfone groups is 1. The van der Waals surface area contributed by atoms with Crippen LogP contribution in [0.2, 0.25) is 0 Å². The highest BCUT2D eigenvalue weighted by atomic mass is 35.5. The van der Waals surface area contributed by atoms with Crippen molar-refractivity contribution in [1.29, 1.82) is 0 Å². The minimum Gasteiger partial charge on any atom is -0.355 e. The Hall–Kier alpha value is -1.18. The van der Waals surface area contributed by atoms with Gasteiger partial charge in [-0.25, -0.2) is 12.8 Å². The number of benzene rings is 1. The Morgan fingerprint density at radius 1 is 1.24 bits per heavy atom. The molecular formula is C17H24ClFN2O3S. The summed E-state index contributed by atoms with van der Waals surface area (Å²) in [7, 11) is -3.52. The smallest absolute Gasteiger partial charge is 0.226 e. The van der Waals surface area contributed by atoms with Gasteiger partial charge in [-0.1, -0.05) is 6.92 Å². The maximum absolute atomic E-state index is 12.9. The number of amides is 1. The van der Waals surface area contributed by atoms with Crippen LogP contribution in [-0.2, 0) is 14.6 Å². The molecule has 1 atom stereocenters. The topological polar surface area (TPSA) is 75.3 Å². The molecule has 1 aromatic carbocycles. The van der Waals surface area contributed by atoms with Crippen molar-refractivity contribution in [2.24, 2.45) is 10.8 Å². The van der Waals surface area contributed by atoms with Crippen LogP contribution < -0.4 is 10.6 Å². The van der Waals surface area contributed by atoms with Gasteiger partial charge in [-0.05, 0) is 62.0 Å². The zero-order valence-electron chi connectivity index (χ0n) is 14.2. The Morgan fingerprint density at radius 2 is 1.84 bits per heavy atom. The minimum absolute atomic E-state index is 0. The molecule has 1 unspecified atom stereocenters. The number of carbonyl (C=O) groups is 1. The lowest BCUT2D eigenvalue weighted by Gasteiger charge is -2.27. The number of rotatable bonds is 5. The highest BCUT2D eigenvalue weighted by Gasteiger charge is 2.67. The van der Waals surface area contributed by atoms with Crippen molar-refractivity contribution >= 4 is 28.2 Å². The number of piperidine rings is 1. The van der Waals surface area contributed by atoms with E-state index in [4.69, 9.17) is 0 Å². The third-order valence-electron chi connectivity index (χ3n) is 5.63. The second-order valence-electron chi connectivity index (χ2n) is 7.07. The molecule has 1 spiro atoms. The number of hydrogen-bond acceptors (Lipinski definition) is 4. The van der Waals surface area contributed by atoms with Crippen LogP contribution >= 0.6 is 12.4 Å². The van der Waals surface area contributed by atoms with Gasteiger partial charge < -0.3 is 10.6 Å². The molecule has 2 fully saturated rings. The fourth-order valence-electron chi connectivity index (χ4n) is 3.84. The zero-order chi connectivity index (χ0) is 17.4.